The maximum Gasteiger partial charge on any atom is 0.254 e. The summed E-state index contributed by atoms with van der Waals surface area (Å²) in [6, 6.07) is 0. The molecule has 0 aliphatic heterocycles. The molecular weight excluding hydrogens is 360 g/mol. The average molecular weight is 395 g/mol. The Kier molecular flexibility index (Phi) is 6.74. The number of hydrogen-bond donors (Lipinski definition) is 2. The molecule has 1 aliphatic rings. The molecule has 0 bridgehead atoms. The molecule has 1 aliphatic carbocycles. The normalized spacial score (nSPS) is 17.6. The van der Waals surface area contributed by atoms with Crippen molar-refractivity contribution in [3.63, 3.8) is 0 Å². The Morgan fingerprint density at radius 3 is 2.30 bits per heavy atom. The highest BCUT2D eigenvalue weighted by Gasteiger charge is 2.68. The van der Waals surface area contributed by atoms with Crippen LogP contribution in [-0.2, 0) is 9.53 Å². The molecule has 1 aromatic rings. The van der Waals surface area contributed by atoms with E-state index in [4.69, 9.17) is 4.74 Å². The van der Waals surface area contributed by atoms with Crippen LogP contribution in [0, 0.1) is 30.6 Å². The molecule has 0 atom stereocenters. The highest BCUT2D eigenvalue weighted by Crippen LogP contribution is 2.68. The second kappa shape index (κ2) is 8.31. The molecule has 27 heavy (non-hydrogen) atoms. The van der Waals surface area contributed by atoms with Gasteiger partial charge in [0.15, 0.2) is 0 Å². The summed E-state index contributed by atoms with van der Waals surface area (Å²) in [5, 5.41) is 6.66. The van der Waals surface area contributed by atoms with Crippen LogP contribution in [0.3, 0.4) is 0 Å². The summed E-state index contributed by atoms with van der Waals surface area (Å²) in [6.07, 6.45) is 1.78. The van der Waals surface area contributed by atoms with Crippen molar-refractivity contribution in [2.75, 3.05) is 25.1 Å². The van der Waals surface area contributed by atoms with E-state index < -0.39 is 0 Å². The summed E-state index contributed by atoms with van der Waals surface area (Å²) >= 11 is 1.48. The van der Waals surface area contributed by atoms with E-state index in [2.05, 4.69) is 45.3 Å². The molecule has 0 saturated heterocycles. The van der Waals surface area contributed by atoms with Gasteiger partial charge < -0.3 is 15.4 Å². The maximum atomic E-state index is 12.8. The summed E-state index contributed by atoms with van der Waals surface area (Å²) < 4.78 is 5.44. The number of rotatable bonds is 9. The van der Waals surface area contributed by atoms with Crippen molar-refractivity contribution in [3.8, 4) is 0 Å². The first-order chi connectivity index (χ1) is 12.6. The first-order valence-corrected chi connectivity index (χ1v) is 10.6. The highest BCUT2D eigenvalue weighted by atomic mass is 32.1. The molecule has 0 aromatic carbocycles. The molecule has 0 radical (unpaired) electrons. The van der Waals surface area contributed by atoms with Gasteiger partial charge in [-0.25, -0.2) is 0 Å². The molecule has 2 amide bonds. The van der Waals surface area contributed by atoms with E-state index in [0.29, 0.717) is 23.7 Å². The SMILES string of the molecule is CCCOCCCNC(=O)c1c(NC(=O)C2C(C)(C)C2(C)C)sc(C)c1C. The van der Waals surface area contributed by atoms with Gasteiger partial charge in [-0.1, -0.05) is 34.6 Å². The maximum absolute atomic E-state index is 12.8. The van der Waals surface area contributed by atoms with E-state index >= 15 is 0 Å². The summed E-state index contributed by atoms with van der Waals surface area (Å²) in [4.78, 5) is 26.6. The lowest BCUT2D eigenvalue weighted by Gasteiger charge is -2.10. The molecule has 0 unspecified atom stereocenters. The molecule has 152 valence electrons. The summed E-state index contributed by atoms with van der Waals surface area (Å²) in [5.74, 6) is -0.162. The zero-order valence-electron chi connectivity index (χ0n) is 17.7. The second-order valence-electron chi connectivity index (χ2n) is 8.57. The number of carbonyl (C=O) groups is 2. The van der Waals surface area contributed by atoms with Gasteiger partial charge in [0.2, 0.25) is 5.91 Å². The van der Waals surface area contributed by atoms with Gasteiger partial charge in [-0.15, -0.1) is 11.3 Å². The van der Waals surface area contributed by atoms with Gasteiger partial charge >= 0.3 is 0 Å². The van der Waals surface area contributed by atoms with Crippen LogP contribution >= 0.6 is 11.3 Å². The van der Waals surface area contributed by atoms with E-state index in [-0.39, 0.29) is 28.6 Å². The Bertz CT molecular complexity index is 693. The quantitative estimate of drug-likeness (QED) is 0.605. The number of amides is 2. The lowest BCUT2D eigenvalue weighted by molar-refractivity contribution is -0.118. The standard InChI is InChI=1S/C21H34N2O3S/c1-8-11-26-12-9-10-22-17(24)15-13(2)14(3)27-19(15)23-18(25)16-20(4,5)21(16,6)7/h16H,8-12H2,1-7H3,(H,22,24)(H,23,25). The minimum Gasteiger partial charge on any atom is -0.381 e. The van der Waals surface area contributed by atoms with Gasteiger partial charge in [-0.05, 0) is 43.1 Å². The fourth-order valence-corrected chi connectivity index (χ4v) is 4.80. The monoisotopic (exact) mass is 394 g/mol. The highest BCUT2D eigenvalue weighted by molar-refractivity contribution is 7.16. The van der Waals surface area contributed by atoms with Crippen molar-refractivity contribution < 1.29 is 14.3 Å². The topological polar surface area (TPSA) is 67.4 Å². The zero-order chi connectivity index (χ0) is 20.4. The van der Waals surface area contributed by atoms with Gasteiger partial charge in [-0.3, -0.25) is 9.59 Å². The Labute approximate surface area is 167 Å². The molecular formula is C21H34N2O3S. The fourth-order valence-electron chi connectivity index (χ4n) is 3.74. The van der Waals surface area contributed by atoms with Gasteiger partial charge in [0.25, 0.3) is 5.91 Å². The van der Waals surface area contributed by atoms with Crippen LogP contribution < -0.4 is 10.6 Å². The van der Waals surface area contributed by atoms with Crippen LogP contribution in [0.1, 0.15) is 68.3 Å². The van der Waals surface area contributed by atoms with Gasteiger partial charge in [0.05, 0.1) is 5.56 Å². The third-order valence-corrected chi connectivity index (χ3v) is 7.35. The number of aryl methyl sites for hydroxylation is 1. The number of hydrogen-bond acceptors (Lipinski definition) is 4. The second-order valence-corrected chi connectivity index (χ2v) is 9.80. The Morgan fingerprint density at radius 2 is 1.74 bits per heavy atom. The van der Waals surface area contributed by atoms with Crippen molar-refractivity contribution in [1.82, 2.24) is 5.32 Å². The van der Waals surface area contributed by atoms with Crippen LogP contribution in [0.15, 0.2) is 0 Å². The average Bonchev–Trinajstić information content (AvgIpc) is 2.81. The van der Waals surface area contributed by atoms with Crippen molar-refractivity contribution >= 4 is 28.2 Å². The van der Waals surface area contributed by atoms with Gasteiger partial charge in [-0.2, -0.15) is 0 Å². The predicted octanol–water partition coefficient (Wildman–Crippen LogP) is 4.53. The molecule has 2 N–H and O–H groups in total. The number of nitrogens with one attached hydrogen (secondary N) is 2. The molecule has 1 fully saturated rings. The molecule has 2 rings (SSSR count). The van der Waals surface area contributed by atoms with E-state index in [0.717, 1.165) is 29.9 Å². The molecule has 1 saturated carbocycles. The number of carbonyl (C=O) groups excluding carboxylic acids is 2. The van der Waals surface area contributed by atoms with Crippen LogP contribution in [-0.4, -0.2) is 31.6 Å². The smallest absolute Gasteiger partial charge is 0.254 e. The third kappa shape index (κ3) is 4.37. The van der Waals surface area contributed by atoms with Crippen molar-refractivity contribution in [1.29, 1.82) is 0 Å². The number of ether oxygens (including phenoxy) is 1. The van der Waals surface area contributed by atoms with Crippen LogP contribution in [0.5, 0.6) is 0 Å². The van der Waals surface area contributed by atoms with E-state index in [1.165, 1.54) is 11.3 Å². The van der Waals surface area contributed by atoms with Crippen molar-refractivity contribution in [3.05, 3.63) is 16.0 Å². The molecule has 1 aromatic heterocycles. The minimum absolute atomic E-state index is 0.00765. The first kappa shape index (κ1) is 21.9. The van der Waals surface area contributed by atoms with Gasteiger partial charge in [0, 0.05) is 30.6 Å². The largest absolute Gasteiger partial charge is 0.381 e. The Balaban J connectivity index is 2.02. The lowest BCUT2D eigenvalue weighted by Crippen LogP contribution is -2.27. The fraction of sp³-hybridized carbons (Fsp3) is 0.714. The zero-order valence-corrected chi connectivity index (χ0v) is 18.6. The summed E-state index contributed by atoms with van der Waals surface area (Å²) in [6.45, 7) is 16.4. The van der Waals surface area contributed by atoms with E-state index in [9.17, 15) is 9.59 Å². The van der Waals surface area contributed by atoms with E-state index in [1.807, 2.05) is 13.8 Å². The Hall–Kier alpha value is -1.40. The van der Waals surface area contributed by atoms with Gasteiger partial charge in [0.1, 0.15) is 5.00 Å². The van der Waals surface area contributed by atoms with Crippen molar-refractivity contribution in [2.45, 2.75) is 61.3 Å². The Morgan fingerprint density at radius 1 is 1.11 bits per heavy atom. The van der Waals surface area contributed by atoms with Crippen LogP contribution in [0.2, 0.25) is 0 Å². The summed E-state index contributed by atoms with van der Waals surface area (Å²) in [7, 11) is 0. The summed E-state index contributed by atoms with van der Waals surface area (Å²) in [5.41, 5.74) is 1.47. The molecule has 6 heteroatoms. The minimum atomic E-state index is -0.128. The molecule has 5 nitrogen and oxygen atoms in total. The first-order valence-electron chi connectivity index (χ1n) is 9.82. The van der Waals surface area contributed by atoms with Crippen LogP contribution in [0.4, 0.5) is 5.00 Å². The van der Waals surface area contributed by atoms with E-state index in [1.54, 1.807) is 0 Å². The number of thiophene rings is 1. The molecule has 0 spiro atoms. The lowest BCUT2D eigenvalue weighted by atomic mass is 10.0. The third-order valence-electron chi connectivity index (χ3n) is 6.23. The predicted molar refractivity (Wildman–Crippen MR) is 112 cm³/mol. The molecule has 1 heterocycles. The number of anilines is 1. The van der Waals surface area contributed by atoms with Crippen molar-refractivity contribution in [2.24, 2.45) is 16.7 Å². The van der Waals surface area contributed by atoms with Crippen LogP contribution in [0.25, 0.3) is 0 Å².